The van der Waals surface area contributed by atoms with Crippen LogP contribution in [0.4, 0.5) is 5.69 Å². The highest BCUT2D eigenvalue weighted by Gasteiger charge is 2.11. The van der Waals surface area contributed by atoms with Crippen LogP contribution in [-0.2, 0) is 4.79 Å². The van der Waals surface area contributed by atoms with Crippen molar-refractivity contribution in [2.24, 2.45) is 0 Å². The fourth-order valence-corrected chi connectivity index (χ4v) is 1.75. The lowest BCUT2D eigenvalue weighted by molar-refractivity contribution is -0.116. The summed E-state index contributed by atoms with van der Waals surface area (Å²) >= 11 is 0. The Morgan fingerprint density at radius 1 is 1.30 bits per heavy atom. The lowest BCUT2D eigenvalue weighted by Crippen LogP contribution is -2.14. The van der Waals surface area contributed by atoms with E-state index in [1.807, 2.05) is 20.8 Å². The van der Waals surface area contributed by atoms with Crippen molar-refractivity contribution in [2.75, 3.05) is 5.32 Å². The van der Waals surface area contributed by atoms with Gasteiger partial charge in [0.25, 0.3) is 0 Å². The number of unbranched alkanes of at least 4 members (excludes halogenated alkanes) is 1. The monoisotopic (exact) mass is 277 g/mol. The van der Waals surface area contributed by atoms with Crippen molar-refractivity contribution in [3.05, 3.63) is 23.8 Å². The SMILES string of the molecule is CCCCC(=O)Nc1cc(C(C)=O)ccc1OC(C)C. The van der Waals surface area contributed by atoms with Crippen LogP contribution in [0.2, 0.25) is 0 Å². The Bertz CT molecular complexity index is 481. The summed E-state index contributed by atoms with van der Waals surface area (Å²) in [6.07, 6.45) is 2.29. The van der Waals surface area contributed by atoms with Crippen molar-refractivity contribution in [1.29, 1.82) is 0 Å². The molecule has 1 aromatic rings. The molecule has 4 nitrogen and oxygen atoms in total. The summed E-state index contributed by atoms with van der Waals surface area (Å²) in [5, 5.41) is 2.83. The van der Waals surface area contributed by atoms with Gasteiger partial charge in [-0.1, -0.05) is 13.3 Å². The third-order valence-electron chi connectivity index (χ3n) is 2.78. The van der Waals surface area contributed by atoms with Crippen LogP contribution in [0.15, 0.2) is 18.2 Å². The third-order valence-corrected chi connectivity index (χ3v) is 2.78. The average molecular weight is 277 g/mol. The summed E-state index contributed by atoms with van der Waals surface area (Å²) in [6, 6.07) is 5.11. The van der Waals surface area contributed by atoms with Crippen molar-refractivity contribution in [1.82, 2.24) is 0 Å². The Morgan fingerprint density at radius 2 is 2.00 bits per heavy atom. The van der Waals surface area contributed by atoms with Gasteiger partial charge in [0.15, 0.2) is 5.78 Å². The number of benzene rings is 1. The largest absolute Gasteiger partial charge is 0.489 e. The summed E-state index contributed by atoms with van der Waals surface area (Å²) in [5.41, 5.74) is 1.12. The van der Waals surface area contributed by atoms with Crippen molar-refractivity contribution in [3.63, 3.8) is 0 Å². The lowest BCUT2D eigenvalue weighted by Gasteiger charge is -2.15. The molecule has 0 saturated carbocycles. The normalized spacial score (nSPS) is 10.4. The van der Waals surface area contributed by atoms with Crippen molar-refractivity contribution in [2.45, 2.75) is 53.1 Å². The van der Waals surface area contributed by atoms with Crippen LogP contribution in [0.3, 0.4) is 0 Å². The van der Waals surface area contributed by atoms with E-state index in [1.165, 1.54) is 6.92 Å². The first kappa shape index (κ1) is 16.2. The molecule has 0 saturated heterocycles. The van der Waals surface area contributed by atoms with E-state index in [2.05, 4.69) is 5.32 Å². The number of nitrogens with one attached hydrogen (secondary N) is 1. The maximum atomic E-state index is 11.8. The molecule has 0 bridgehead atoms. The van der Waals surface area contributed by atoms with Crippen LogP contribution < -0.4 is 10.1 Å². The Labute approximate surface area is 120 Å². The Hall–Kier alpha value is -1.84. The standard InChI is InChI=1S/C16H23NO3/c1-5-6-7-16(19)17-14-10-13(12(4)18)8-9-15(14)20-11(2)3/h8-11H,5-7H2,1-4H3,(H,17,19). The number of rotatable bonds is 7. The first-order chi connectivity index (χ1) is 9.43. The van der Waals surface area contributed by atoms with E-state index in [0.29, 0.717) is 23.4 Å². The highest BCUT2D eigenvalue weighted by atomic mass is 16.5. The van der Waals surface area contributed by atoms with Gasteiger partial charge in [-0.2, -0.15) is 0 Å². The van der Waals surface area contributed by atoms with Crippen LogP contribution in [0.5, 0.6) is 5.75 Å². The van der Waals surface area contributed by atoms with Gasteiger partial charge in [0.2, 0.25) is 5.91 Å². The molecular weight excluding hydrogens is 254 g/mol. The molecule has 0 aliphatic rings. The quantitative estimate of drug-likeness (QED) is 0.771. The molecule has 4 heteroatoms. The number of ketones is 1. The summed E-state index contributed by atoms with van der Waals surface area (Å²) in [5.74, 6) is 0.501. The number of ether oxygens (including phenoxy) is 1. The number of hydrogen-bond donors (Lipinski definition) is 1. The Balaban J connectivity index is 2.95. The van der Waals surface area contributed by atoms with Crippen molar-refractivity contribution in [3.8, 4) is 5.75 Å². The number of carbonyl (C=O) groups excluding carboxylic acids is 2. The highest BCUT2D eigenvalue weighted by molar-refractivity contribution is 5.98. The third kappa shape index (κ3) is 5.03. The lowest BCUT2D eigenvalue weighted by atomic mass is 10.1. The number of amides is 1. The van der Waals surface area contributed by atoms with E-state index in [-0.39, 0.29) is 17.8 Å². The maximum Gasteiger partial charge on any atom is 0.224 e. The van der Waals surface area contributed by atoms with Crippen LogP contribution in [-0.4, -0.2) is 17.8 Å². The molecule has 0 heterocycles. The highest BCUT2D eigenvalue weighted by Crippen LogP contribution is 2.27. The minimum Gasteiger partial charge on any atom is -0.489 e. The van der Waals surface area contributed by atoms with Crippen LogP contribution >= 0.6 is 0 Å². The zero-order valence-electron chi connectivity index (χ0n) is 12.7. The molecule has 0 spiro atoms. The van der Waals surface area contributed by atoms with Gasteiger partial charge in [0.1, 0.15) is 5.75 Å². The smallest absolute Gasteiger partial charge is 0.224 e. The average Bonchev–Trinajstić information content (AvgIpc) is 2.37. The van der Waals surface area contributed by atoms with E-state index in [1.54, 1.807) is 18.2 Å². The van der Waals surface area contributed by atoms with Crippen molar-refractivity contribution >= 4 is 17.4 Å². The molecule has 20 heavy (non-hydrogen) atoms. The molecule has 0 atom stereocenters. The fraction of sp³-hybridized carbons (Fsp3) is 0.500. The number of hydrogen-bond acceptors (Lipinski definition) is 3. The molecule has 1 amide bonds. The topological polar surface area (TPSA) is 55.4 Å². The molecule has 0 radical (unpaired) electrons. The first-order valence-corrected chi connectivity index (χ1v) is 7.05. The minimum absolute atomic E-state index is 0.00414. The van der Waals surface area contributed by atoms with Gasteiger partial charge < -0.3 is 10.1 Å². The summed E-state index contributed by atoms with van der Waals surface area (Å²) in [6.45, 7) is 7.38. The summed E-state index contributed by atoms with van der Waals surface area (Å²) in [4.78, 5) is 23.3. The molecule has 1 rings (SSSR count). The molecule has 1 aromatic carbocycles. The van der Waals surface area contributed by atoms with Crippen LogP contribution in [0.1, 0.15) is 57.3 Å². The molecule has 110 valence electrons. The predicted molar refractivity (Wildman–Crippen MR) is 80.4 cm³/mol. The zero-order chi connectivity index (χ0) is 15.1. The van der Waals surface area contributed by atoms with Gasteiger partial charge in [-0.05, 0) is 45.4 Å². The van der Waals surface area contributed by atoms with Gasteiger partial charge in [0, 0.05) is 12.0 Å². The Kier molecular flexibility index (Phi) is 6.22. The fourth-order valence-electron chi connectivity index (χ4n) is 1.75. The van der Waals surface area contributed by atoms with Gasteiger partial charge in [-0.25, -0.2) is 0 Å². The van der Waals surface area contributed by atoms with Gasteiger partial charge in [-0.3, -0.25) is 9.59 Å². The minimum atomic E-state index is -0.0545. The summed E-state index contributed by atoms with van der Waals surface area (Å²) in [7, 11) is 0. The second-order valence-corrected chi connectivity index (χ2v) is 5.09. The van der Waals surface area contributed by atoms with Gasteiger partial charge in [-0.15, -0.1) is 0 Å². The molecule has 0 unspecified atom stereocenters. The zero-order valence-corrected chi connectivity index (χ0v) is 12.7. The molecule has 0 aromatic heterocycles. The summed E-state index contributed by atoms with van der Waals surface area (Å²) < 4.78 is 5.66. The van der Waals surface area contributed by atoms with Crippen LogP contribution in [0.25, 0.3) is 0 Å². The maximum absolute atomic E-state index is 11.8. The van der Waals surface area contributed by atoms with E-state index in [4.69, 9.17) is 4.74 Å². The molecule has 0 aliphatic heterocycles. The van der Waals surface area contributed by atoms with Gasteiger partial charge >= 0.3 is 0 Å². The van der Waals surface area contributed by atoms with Crippen LogP contribution in [0, 0.1) is 0 Å². The van der Waals surface area contributed by atoms with E-state index in [9.17, 15) is 9.59 Å². The molecular formula is C16H23NO3. The molecule has 1 N–H and O–H groups in total. The Morgan fingerprint density at radius 3 is 2.55 bits per heavy atom. The van der Waals surface area contributed by atoms with Gasteiger partial charge in [0.05, 0.1) is 11.8 Å². The first-order valence-electron chi connectivity index (χ1n) is 7.05. The van der Waals surface area contributed by atoms with E-state index in [0.717, 1.165) is 12.8 Å². The molecule has 0 fully saturated rings. The predicted octanol–water partition coefficient (Wildman–Crippen LogP) is 3.81. The second-order valence-electron chi connectivity index (χ2n) is 5.09. The number of anilines is 1. The van der Waals surface area contributed by atoms with Crippen molar-refractivity contribution < 1.29 is 14.3 Å². The number of carbonyl (C=O) groups is 2. The van der Waals surface area contributed by atoms with E-state index >= 15 is 0 Å². The second kappa shape index (κ2) is 7.68. The van der Waals surface area contributed by atoms with E-state index < -0.39 is 0 Å². The number of Topliss-reactive ketones (excluding diaryl/α,β-unsaturated/α-hetero) is 1. The molecule has 0 aliphatic carbocycles.